The molecule has 0 aromatic rings. The molecule has 0 N–H and O–H groups in total. The maximum atomic E-state index is 4.39. The average molecular weight is 164 g/mol. The zero-order valence-corrected chi connectivity index (χ0v) is 8.20. The van der Waals surface area contributed by atoms with E-state index >= 15 is 0 Å². The van der Waals surface area contributed by atoms with E-state index in [1.165, 1.54) is 0 Å². The molecular formula is C10H16N2. The summed E-state index contributed by atoms with van der Waals surface area (Å²) < 4.78 is 0. The molecule has 0 aromatic heterocycles. The van der Waals surface area contributed by atoms with E-state index in [1.54, 1.807) is 0 Å². The molecule has 12 heavy (non-hydrogen) atoms. The number of hydrogen-bond acceptors (Lipinski definition) is 2. The maximum absolute atomic E-state index is 4.39. The van der Waals surface area contributed by atoms with Crippen molar-refractivity contribution in [3.05, 3.63) is 11.9 Å². The van der Waals surface area contributed by atoms with Crippen LogP contribution < -0.4 is 0 Å². The Kier molecular flexibility index (Phi) is 2.46. The predicted molar refractivity (Wildman–Crippen MR) is 53.7 cm³/mol. The quantitative estimate of drug-likeness (QED) is 0.569. The van der Waals surface area contributed by atoms with Gasteiger partial charge < -0.3 is 0 Å². The van der Waals surface area contributed by atoms with Crippen LogP contribution in [0.2, 0.25) is 0 Å². The molecule has 0 radical (unpaired) electrons. The minimum atomic E-state index is -0.00681. The molecule has 1 aliphatic heterocycles. The highest BCUT2D eigenvalue weighted by Crippen LogP contribution is 2.17. The molecule has 1 heterocycles. The van der Waals surface area contributed by atoms with E-state index in [1.807, 2.05) is 18.6 Å². The molecule has 0 aliphatic carbocycles. The second-order valence-corrected chi connectivity index (χ2v) is 4.07. The van der Waals surface area contributed by atoms with Gasteiger partial charge in [-0.25, -0.2) is 0 Å². The van der Waals surface area contributed by atoms with Crippen LogP contribution in [0.3, 0.4) is 0 Å². The topological polar surface area (TPSA) is 24.7 Å². The van der Waals surface area contributed by atoms with Gasteiger partial charge in [0.2, 0.25) is 0 Å². The summed E-state index contributed by atoms with van der Waals surface area (Å²) in [6.07, 6.45) is 5.72. The predicted octanol–water partition coefficient (Wildman–Crippen LogP) is 2.67. The Balaban J connectivity index is 2.86. The molecule has 0 spiro atoms. The standard InChI is InChI=1S/C10H16N2/c1-8(2)9-5-11-6-10(3,4)7-12-9/h5-8H,1-4H3. The van der Waals surface area contributed by atoms with Crippen molar-refractivity contribution >= 4 is 12.4 Å². The van der Waals surface area contributed by atoms with Crippen molar-refractivity contribution in [3.8, 4) is 0 Å². The van der Waals surface area contributed by atoms with Crippen molar-refractivity contribution in [3.63, 3.8) is 0 Å². The molecule has 0 bridgehead atoms. The Morgan fingerprint density at radius 2 is 1.92 bits per heavy atom. The fourth-order valence-corrected chi connectivity index (χ4v) is 0.911. The van der Waals surface area contributed by atoms with Crippen molar-refractivity contribution in [2.75, 3.05) is 0 Å². The molecule has 0 amide bonds. The normalized spacial score (nSPS) is 20.9. The zero-order valence-electron chi connectivity index (χ0n) is 8.20. The van der Waals surface area contributed by atoms with Crippen LogP contribution in [0.25, 0.3) is 0 Å². The van der Waals surface area contributed by atoms with E-state index in [-0.39, 0.29) is 5.41 Å². The summed E-state index contributed by atoms with van der Waals surface area (Å²) >= 11 is 0. The number of aliphatic imine (C=N–C) groups is 2. The van der Waals surface area contributed by atoms with Gasteiger partial charge in [0.25, 0.3) is 0 Å². The Hall–Kier alpha value is -0.920. The molecule has 0 unspecified atom stereocenters. The van der Waals surface area contributed by atoms with E-state index in [9.17, 15) is 0 Å². The Bertz CT molecular complexity index is 245. The van der Waals surface area contributed by atoms with E-state index in [0.29, 0.717) is 5.92 Å². The summed E-state index contributed by atoms with van der Waals surface area (Å²) in [5.41, 5.74) is 1.05. The second kappa shape index (κ2) is 3.21. The third-order valence-corrected chi connectivity index (χ3v) is 1.75. The molecule has 1 rings (SSSR count). The first kappa shape index (κ1) is 9.17. The van der Waals surface area contributed by atoms with Gasteiger partial charge in [0.1, 0.15) is 0 Å². The van der Waals surface area contributed by atoms with Crippen LogP contribution in [0.15, 0.2) is 21.9 Å². The first-order valence-corrected chi connectivity index (χ1v) is 4.31. The lowest BCUT2D eigenvalue weighted by molar-refractivity contribution is 0.742. The van der Waals surface area contributed by atoms with Crippen molar-refractivity contribution in [1.29, 1.82) is 0 Å². The summed E-state index contributed by atoms with van der Waals surface area (Å²) in [6, 6.07) is 0. The molecule has 2 heteroatoms. The van der Waals surface area contributed by atoms with Gasteiger partial charge in [0.05, 0.1) is 5.70 Å². The average Bonchev–Trinajstić information content (AvgIpc) is 2.10. The van der Waals surface area contributed by atoms with Crippen molar-refractivity contribution < 1.29 is 0 Å². The molecule has 0 saturated carbocycles. The monoisotopic (exact) mass is 164 g/mol. The minimum Gasteiger partial charge on any atom is -0.266 e. The Morgan fingerprint density at radius 3 is 2.50 bits per heavy atom. The fourth-order valence-electron chi connectivity index (χ4n) is 0.911. The van der Waals surface area contributed by atoms with Crippen molar-refractivity contribution in [2.24, 2.45) is 21.3 Å². The number of nitrogens with zero attached hydrogens (tertiary/aromatic N) is 2. The maximum Gasteiger partial charge on any atom is 0.0607 e. The van der Waals surface area contributed by atoms with E-state index < -0.39 is 0 Å². The van der Waals surface area contributed by atoms with Gasteiger partial charge >= 0.3 is 0 Å². The lowest BCUT2D eigenvalue weighted by atomic mass is 9.98. The Labute approximate surface area is 74.1 Å². The van der Waals surface area contributed by atoms with Gasteiger partial charge in [-0.2, -0.15) is 0 Å². The van der Waals surface area contributed by atoms with Crippen LogP contribution in [0.1, 0.15) is 27.7 Å². The van der Waals surface area contributed by atoms with Crippen LogP contribution in [0, 0.1) is 11.3 Å². The highest BCUT2D eigenvalue weighted by atomic mass is 14.8. The molecule has 0 aromatic carbocycles. The molecule has 66 valence electrons. The molecular weight excluding hydrogens is 148 g/mol. The number of rotatable bonds is 1. The lowest BCUT2D eigenvalue weighted by Crippen LogP contribution is -2.13. The minimum absolute atomic E-state index is 0.00681. The van der Waals surface area contributed by atoms with Crippen LogP contribution in [-0.4, -0.2) is 12.4 Å². The number of hydrogen-bond donors (Lipinski definition) is 0. The van der Waals surface area contributed by atoms with Gasteiger partial charge in [0.15, 0.2) is 0 Å². The van der Waals surface area contributed by atoms with Gasteiger partial charge in [-0.15, -0.1) is 0 Å². The zero-order chi connectivity index (χ0) is 9.19. The summed E-state index contributed by atoms with van der Waals surface area (Å²) in [4.78, 5) is 8.60. The third kappa shape index (κ3) is 2.29. The first-order valence-electron chi connectivity index (χ1n) is 4.31. The fraction of sp³-hybridized carbons (Fsp3) is 0.600. The van der Waals surface area contributed by atoms with Crippen LogP contribution in [0.4, 0.5) is 0 Å². The molecule has 2 nitrogen and oxygen atoms in total. The molecule has 0 fully saturated rings. The molecule has 0 atom stereocenters. The highest BCUT2D eigenvalue weighted by Gasteiger charge is 2.13. The smallest absolute Gasteiger partial charge is 0.0607 e. The summed E-state index contributed by atoms with van der Waals surface area (Å²) in [7, 11) is 0. The second-order valence-electron chi connectivity index (χ2n) is 4.07. The van der Waals surface area contributed by atoms with Crippen molar-refractivity contribution in [2.45, 2.75) is 27.7 Å². The Morgan fingerprint density at radius 1 is 1.25 bits per heavy atom. The van der Waals surface area contributed by atoms with E-state index in [4.69, 9.17) is 0 Å². The summed E-state index contributed by atoms with van der Waals surface area (Å²) in [5.74, 6) is 0.451. The number of allylic oxidation sites excluding steroid dienone is 1. The SMILES string of the molecule is CC(C)C1=CN=CC(C)(C)C=N1. The largest absolute Gasteiger partial charge is 0.266 e. The van der Waals surface area contributed by atoms with Gasteiger partial charge in [-0.3, -0.25) is 9.98 Å². The summed E-state index contributed by atoms with van der Waals surface area (Å²) in [6.45, 7) is 8.43. The van der Waals surface area contributed by atoms with Crippen LogP contribution in [0.5, 0.6) is 0 Å². The van der Waals surface area contributed by atoms with Crippen LogP contribution in [-0.2, 0) is 0 Å². The van der Waals surface area contributed by atoms with Crippen LogP contribution >= 0.6 is 0 Å². The van der Waals surface area contributed by atoms with Gasteiger partial charge in [0, 0.05) is 24.0 Å². The molecule has 1 aliphatic rings. The van der Waals surface area contributed by atoms with E-state index in [0.717, 1.165) is 5.70 Å². The van der Waals surface area contributed by atoms with Gasteiger partial charge in [-0.1, -0.05) is 13.8 Å². The van der Waals surface area contributed by atoms with E-state index in [2.05, 4.69) is 37.7 Å². The lowest BCUT2D eigenvalue weighted by Gasteiger charge is -2.10. The van der Waals surface area contributed by atoms with Crippen molar-refractivity contribution in [1.82, 2.24) is 0 Å². The molecule has 0 saturated heterocycles. The summed E-state index contributed by atoms with van der Waals surface area (Å²) in [5, 5.41) is 0. The highest BCUT2D eigenvalue weighted by molar-refractivity contribution is 5.89. The first-order chi connectivity index (χ1) is 5.51. The van der Waals surface area contributed by atoms with Gasteiger partial charge in [-0.05, 0) is 19.8 Å². The third-order valence-electron chi connectivity index (χ3n) is 1.75.